The van der Waals surface area contributed by atoms with E-state index in [1.807, 2.05) is 0 Å². The number of halogens is 1. The zero-order valence-electron chi connectivity index (χ0n) is 12.0. The third-order valence-electron chi connectivity index (χ3n) is 2.82. The molecule has 0 heterocycles. The molecule has 1 N–H and O–H groups in total. The predicted octanol–water partition coefficient (Wildman–Crippen LogP) is 3.61. The van der Waals surface area contributed by atoms with Crippen molar-refractivity contribution >= 4 is 17.8 Å². The van der Waals surface area contributed by atoms with E-state index in [0.717, 1.165) is 5.75 Å². The van der Waals surface area contributed by atoms with E-state index in [1.165, 1.54) is 6.21 Å². The molecule has 2 aromatic carbocycles. The maximum atomic E-state index is 8.52. The average Bonchev–Trinajstić information content (AvgIpc) is 2.54. The fourth-order valence-electron chi connectivity index (χ4n) is 1.79. The Balaban J connectivity index is 1.87. The van der Waals surface area contributed by atoms with Gasteiger partial charge in [-0.3, -0.25) is 0 Å². The van der Waals surface area contributed by atoms with Crippen LogP contribution >= 0.6 is 11.6 Å². The molecule has 0 aliphatic carbocycles. The number of oxime groups is 1. The largest absolute Gasteiger partial charge is 0.493 e. The van der Waals surface area contributed by atoms with Crippen molar-refractivity contribution in [3.8, 4) is 17.2 Å². The number of ether oxygens (including phenoxy) is 3. The highest BCUT2D eigenvalue weighted by Gasteiger charge is 2.05. The van der Waals surface area contributed by atoms with Gasteiger partial charge in [-0.15, -0.1) is 0 Å². The van der Waals surface area contributed by atoms with Gasteiger partial charge in [-0.05, 0) is 42.5 Å². The number of methoxy groups -OCH3 is 1. The summed E-state index contributed by atoms with van der Waals surface area (Å²) in [4.78, 5) is 0. The van der Waals surface area contributed by atoms with E-state index in [2.05, 4.69) is 5.16 Å². The fraction of sp³-hybridized carbons (Fsp3) is 0.188. The lowest BCUT2D eigenvalue weighted by atomic mass is 10.2. The predicted molar refractivity (Wildman–Crippen MR) is 84.8 cm³/mol. The van der Waals surface area contributed by atoms with Crippen LogP contribution in [-0.2, 0) is 0 Å². The summed E-state index contributed by atoms with van der Waals surface area (Å²) in [5.74, 6) is 1.88. The van der Waals surface area contributed by atoms with Gasteiger partial charge in [-0.2, -0.15) is 0 Å². The van der Waals surface area contributed by atoms with Crippen molar-refractivity contribution < 1.29 is 19.4 Å². The summed E-state index contributed by atoms with van der Waals surface area (Å²) < 4.78 is 16.4. The molecule has 0 saturated heterocycles. The SMILES string of the molecule is COc1cc(C=NO)ccc1OCCOc1ccc(Cl)cc1. The van der Waals surface area contributed by atoms with Crippen LogP contribution in [0.25, 0.3) is 0 Å². The molecule has 0 aromatic heterocycles. The Bertz CT molecular complexity index is 629. The van der Waals surface area contributed by atoms with Crippen LogP contribution in [0.4, 0.5) is 0 Å². The second kappa shape index (κ2) is 8.14. The van der Waals surface area contributed by atoms with Gasteiger partial charge in [0.1, 0.15) is 19.0 Å². The third-order valence-corrected chi connectivity index (χ3v) is 3.07. The van der Waals surface area contributed by atoms with Gasteiger partial charge in [0.05, 0.1) is 13.3 Å². The molecule has 2 rings (SSSR count). The van der Waals surface area contributed by atoms with Crippen LogP contribution in [0.2, 0.25) is 5.02 Å². The minimum atomic E-state index is 0.367. The zero-order valence-corrected chi connectivity index (χ0v) is 12.8. The molecule has 6 heteroatoms. The Morgan fingerprint density at radius 3 is 2.45 bits per heavy atom. The molecule has 0 spiro atoms. The number of hydrogen-bond acceptors (Lipinski definition) is 5. The highest BCUT2D eigenvalue weighted by molar-refractivity contribution is 6.30. The molecule has 5 nitrogen and oxygen atoms in total. The summed E-state index contributed by atoms with van der Waals surface area (Å²) in [6.07, 6.45) is 1.32. The highest BCUT2D eigenvalue weighted by atomic mass is 35.5. The number of nitrogens with zero attached hydrogens (tertiary/aromatic N) is 1. The van der Waals surface area contributed by atoms with Crippen molar-refractivity contribution in [2.24, 2.45) is 5.16 Å². The summed E-state index contributed by atoms with van der Waals surface area (Å²) in [6, 6.07) is 12.4. The maximum absolute atomic E-state index is 8.52. The zero-order chi connectivity index (χ0) is 15.8. The van der Waals surface area contributed by atoms with Crippen LogP contribution in [-0.4, -0.2) is 31.7 Å². The van der Waals surface area contributed by atoms with Crippen molar-refractivity contribution in [3.63, 3.8) is 0 Å². The van der Waals surface area contributed by atoms with Gasteiger partial charge in [0.2, 0.25) is 0 Å². The summed E-state index contributed by atoms with van der Waals surface area (Å²) in [5, 5.41) is 12.2. The van der Waals surface area contributed by atoms with Crippen molar-refractivity contribution in [1.82, 2.24) is 0 Å². The van der Waals surface area contributed by atoms with Crippen LogP contribution < -0.4 is 14.2 Å². The molecule has 22 heavy (non-hydrogen) atoms. The smallest absolute Gasteiger partial charge is 0.161 e. The number of benzene rings is 2. The van der Waals surface area contributed by atoms with E-state index in [9.17, 15) is 0 Å². The molecule has 0 amide bonds. The number of hydrogen-bond donors (Lipinski definition) is 1. The summed E-state index contributed by atoms with van der Waals surface area (Å²) in [6.45, 7) is 0.761. The normalized spacial score (nSPS) is 10.6. The number of rotatable bonds is 7. The molecule has 116 valence electrons. The Morgan fingerprint density at radius 2 is 1.77 bits per heavy atom. The summed E-state index contributed by atoms with van der Waals surface area (Å²) in [5.41, 5.74) is 0.712. The van der Waals surface area contributed by atoms with Gasteiger partial charge in [-0.1, -0.05) is 16.8 Å². The molecule has 0 radical (unpaired) electrons. The van der Waals surface area contributed by atoms with E-state index in [4.69, 9.17) is 31.0 Å². The van der Waals surface area contributed by atoms with Crippen LogP contribution in [0.5, 0.6) is 17.2 Å². The molecule has 2 aromatic rings. The van der Waals surface area contributed by atoms with E-state index in [-0.39, 0.29) is 0 Å². The van der Waals surface area contributed by atoms with Gasteiger partial charge in [0.15, 0.2) is 11.5 Å². The molecule has 0 aliphatic heterocycles. The molecule has 0 fully saturated rings. The van der Waals surface area contributed by atoms with Crippen LogP contribution in [0, 0.1) is 0 Å². The van der Waals surface area contributed by atoms with Crippen LogP contribution in [0.3, 0.4) is 0 Å². The first-order valence-corrected chi connectivity index (χ1v) is 6.97. The van der Waals surface area contributed by atoms with E-state index >= 15 is 0 Å². The molecular weight excluding hydrogens is 306 g/mol. The van der Waals surface area contributed by atoms with Crippen LogP contribution in [0.1, 0.15) is 5.56 Å². The van der Waals surface area contributed by atoms with Gasteiger partial charge >= 0.3 is 0 Å². The topological polar surface area (TPSA) is 60.3 Å². The maximum Gasteiger partial charge on any atom is 0.161 e. The quantitative estimate of drug-likeness (QED) is 0.366. The Morgan fingerprint density at radius 1 is 1.05 bits per heavy atom. The lowest BCUT2D eigenvalue weighted by Gasteiger charge is -2.12. The fourth-order valence-corrected chi connectivity index (χ4v) is 1.92. The lowest BCUT2D eigenvalue weighted by molar-refractivity contribution is 0.211. The Labute approximate surface area is 133 Å². The second-order valence-electron chi connectivity index (χ2n) is 4.31. The first-order chi connectivity index (χ1) is 10.7. The summed E-state index contributed by atoms with van der Waals surface area (Å²) in [7, 11) is 1.55. The van der Waals surface area contributed by atoms with Crippen molar-refractivity contribution in [1.29, 1.82) is 0 Å². The first kappa shape index (κ1) is 16.0. The molecular formula is C16H16ClNO4. The molecule has 0 aliphatic rings. The Hall–Kier alpha value is -2.40. The summed E-state index contributed by atoms with van der Waals surface area (Å²) >= 11 is 5.80. The van der Waals surface area contributed by atoms with E-state index in [1.54, 1.807) is 49.6 Å². The van der Waals surface area contributed by atoms with Crippen molar-refractivity contribution in [2.75, 3.05) is 20.3 Å². The minimum absolute atomic E-state index is 0.367. The van der Waals surface area contributed by atoms with Crippen molar-refractivity contribution in [2.45, 2.75) is 0 Å². The van der Waals surface area contributed by atoms with Gasteiger partial charge in [0.25, 0.3) is 0 Å². The minimum Gasteiger partial charge on any atom is -0.493 e. The van der Waals surface area contributed by atoms with E-state index < -0.39 is 0 Å². The van der Waals surface area contributed by atoms with Crippen molar-refractivity contribution in [3.05, 3.63) is 53.1 Å². The lowest BCUT2D eigenvalue weighted by Crippen LogP contribution is -2.09. The molecule has 0 bridgehead atoms. The Kier molecular flexibility index (Phi) is 5.91. The molecule has 0 unspecified atom stereocenters. The van der Waals surface area contributed by atoms with Gasteiger partial charge in [-0.25, -0.2) is 0 Å². The van der Waals surface area contributed by atoms with Gasteiger partial charge < -0.3 is 19.4 Å². The third kappa shape index (κ3) is 4.56. The van der Waals surface area contributed by atoms with Gasteiger partial charge in [0, 0.05) is 10.6 Å². The second-order valence-corrected chi connectivity index (χ2v) is 4.74. The monoisotopic (exact) mass is 321 g/mol. The highest BCUT2D eigenvalue weighted by Crippen LogP contribution is 2.27. The average molecular weight is 322 g/mol. The molecule has 0 saturated carbocycles. The standard InChI is InChI=1S/C16H16ClNO4/c1-20-16-10-12(11-18-19)2-7-15(16)22-9-8-21-14-5-3-13(17)4-6-14/h2-7,10-11,19H,8-9H2,1H3. The van der Waals surface area contributed by atoms with E-state index in [0.29, 0.717) is 35.3 Å². The first-order valence-electron chi connectivity index (χ1n) is 6.59. The van der Waals surface area contributed by atoms with Crippen LogP contribution in [0.15, 0.2) is 47.6 Å². The molecule has 0 atom stereocenters.